The summed E-state index contributed by atoms with van der Waals surface area (Å²) in [5.74, 6) is 0.968. The van der Waals surface area contributed by atoms with Gasteiger partial charge in [0.05, 0.1) is 34.8 Å². The average Bonchev–Trinajstić information content (AvgIpc) is 3.06. The molecular formula is C20H21ClN2O5S. The molecule has 2 aliphatic heterocycles. The summed E-state index contributed by atoms with van der Waals surface area (Å²) >= 11 is 6.30. The van der Waals surface area contributed by atoms with Crippen molar-refractivity contribution in [3.63, 3.8) is 0 Å². The Hall–Kier alpha value is -2.45. The van der Waals surface area contributed by atoms with Crippen molar-refractivity contribution in [1.82, 2.24) is 0 Å². The summed E-state index contributed by atoms with van der Waals surface area (Å²) in [6.45, 7) is 0.876. The molecule has 2 aliphatic rings. The molecule has 9 heteroatoms. The molecule has 0 bridgehead atoms. The minimum absolute atomic E-state index is 0.0294. The van der Waals surface area contributed by atoms with E-state index in [0.717, 1.165) is 0 Å². The molecule has 1 amide bonds. The summed E-state index contributed by atoms with van der Waals surface area (Å²) in [4.78, 5) is 14.7. The highest BCUT2D eigenvalue weighted by atomic mass is 35.5. The van der Waals surface area contributed by atoms with Crippen LogP contribution in [0.25, 0.3) is 0 Å². The molecule has 1 saturated heterocycles. The molecule has 7 nitrogen and oxygen atoms in total. The molecule has 0 saturated carbocycles. The molecule has 0 spiro atoms. The van der Waals surface area contributed by atoms with E-state index in [2.05, 4.69) is 5.32 Å². The largest absolute Gasteiger partial charge is 0.486 e. The highest BCUT2D eigenvalue weighted by Crippen LogP contribution is 2.38. The number of amides is 1. The first-order chi connectivity index (χ1) is 13.9. The molecule has 0 aromatic heterocycles. The van der Waals surface area contributed by atoms with E-state index >= 15 is 0 Å². The lowest BCUT2D eigenvalue weighted by molar-refractivity contribution is -0.117. The first-order valence-corrected chi connectivity index (χ1v) is 11.5. The number of nitrogens with zero attached hydrogens (tertiary/aromatic N) is 1. The standard InChI is InChI=1S/C20H21ClN2O5S/c21-16-10-18-19(28-8-7-27-18)11-17(16)22-12-20(24)23(14-4-2-1-3-5-14)15-6-9-29(25,26)13-15/h1-5,10-11,15,22H,6-9,12-13H2/t15-/m1/s1. The number of para-hydroxylation sites is 1. The number of ether oxygens (including phenoxy) is 2. The number of sulfone groups is 1. The SMILES string of the molecule is O=C(CNc1cc2c(cc1Cl)OCCO2)N(c1ccccc1)[C@@H]1CCS(=O)(=O)C1. The minimum Gasteiger partial charge on any atom is -0.486 e. The third-order valence-corrected chi connectivity index (χ3v) is 7.00. The Kier molecular flexibility index (Phi) is 5.56. The fourth-order valence-corrected chi connectivity index (χ4v) is 5.50. The van der Waals surface area contributed by atoms with Gasteiger partial charge < -0.3 is 19.7 Å². The molecule has 0 radical (unpaired) electrons. The third kappa shape index (κ3) is 4.43. The van der Waals surface area contributed by atoms with Crippen molar-refractivity contribution in [3.8, 4) is 11.5 Å². The number of benzene rings is 2. The van der Waals surface area contributed by atoms with Gasteiger partial charge in [-0.3, -0.25) is 4.79 Å². The predicted octanol–water partition coefficient (Wildman–Crippen LogP) is 2.74. The first-order valence-electron chi connectivity index (χ1n) is 9.33. The van der Waals surface area contributed by atoms with Crippen molar-refractivity contribution >= 4 is 38.7 Å². The Morgan fingerprint density at radius 2 is 1.83 bits per heavy atom. The lowest BCUT2D eigenvalue weighted by atomic mass is 10.1. The number of anilines is 2. The zero-order valence-corrected chi connectivity index (χ0v) is 17.2. The Labute approximate surface area is 174 Å². The molecule has 2 aromatic carbocycles. The van der Waals surface area contributed by atoms with E-state index in [0.29, 0.717) is 47.5 Å². The van der Waals surface area contributed by atoms with E-state index in [9.17, 15) is 13.2 Å². The van der Waals surface area contributed by atoms with E-state index in [1.165, 1.54) is 0 Å². The number of hydrogen-bond acceptors (Lipinski definition) is 6. The van der Waals surface area contributed by atoms with Crippen molar-refractivity contribution in [2.24, 2.45) is 0 Å². The van der Waals surface area contributed by atoms with Crippen LogP contribution in [0.4, 0.5) is 11.4 Å². The van der Waals surface area contributed by atoms with Crippen molar-refractivity contribution < 1.29 is 22.7 Å². The molecule has 4 rings (SSSR count). The molecular weight excluding hydrogens is 416 g/mol. The molecule has 0 aliphatic carbocycles. The minimum atomic E-state index is -3.13. The van der Waals surface area contributed by atoms with E-state index in [4.69, 9.17) is 21.1 Å². The summed E-state index contributed by atoms with van der Waals surface area (Å²) in [5, 5.41) is 3.46. The van der Waals surface area contributed by atoms with Gasteiger partial charge in [-0.15, -0.1) is 0 Å². The highest BCUT2D eigenvalue weighted by molar-refractivity contribution is 7.91. The van der Waals surface area contributed by atoms with Crippen LogP contribution in [0.5, 0.6) is 11.5 Å². The van der Waals surface area contributed by atoms with Crippen molar-refractivity contribution in [3.05, 3.63) is 47.5 Å². The van der Waals surface area contributed by atoms with Gasteiger partial charge in [-0.2, -0.15) is 0 Å². The lowest BCUT2D eigenvalue weighted by Crippen LogP contribution is -2.44. The van der Waals surface area contributed by atoms with E-state index < -0.39 is 9.84 Å². The summed E-state index contributed by atoms with van der Waals surface area (Å²) in [6.07, 6.45) is 0.424. The van der Waals surface area contributed by atoms with Crippen LogP contribution in [-0.4, -0.2) is 51.6 Å². The molecule has 2 heterocycles. The summed E-state index contributed by atoms with van der Waals surface area (Å²) < 4.78 is 35.0. The number of carbonyl (C=O) groups excluding carboxylic acids is 1. The van der Waals surface area contributed by atoms with E-state index in [1.54, 1.807) is 29.2 Å². The normalized spacial score (nSPS) is 19.6. The summed E-state index contributed by atoms with van der Waals surface area (Å²) in [7, 11) is -3.13. The second-order valence-corrected chi connectivity index (χ2v) is 9.62. The Balaban J connectivity index is 1.53. The zero-order valence-electron chi connectivity index (χ0n) is 15.6. The maximum atomic E-state index is 13.1. The Bertz CT molecular complexity index is 1010. The van der Waals surface area contributed by atoms with Gasteiger partial charge >= 0.3 is 0 Å². The highest BCUT2D eigenvalue weighted by Gasteiger charge is 2.35. The van der Waals surface area contributed by atoms with Crippen LogP contribution in [-0.2, 0) is 14.6 Å². The molecule has 2 aromatic rings. The van der Waals surface area contributed by atoms with Crippen LogP contribution >= 0.6 is 11.6 Å². The van der Waals surface area contributed by atoms with Crippen LogP contribution in [0.3, 0.4) is 0 Å². The molecule has 1 atom stereocenters. The van der Waals surface area contributed by atoms with Gasteiger partial charge in [0.25, 0.3) is 0 Å². The maximum Gasteiger partial charge on any atom is 0.246 e. The number of halogens is 1. The Morgan fingerprint density at radius 1 is 1.14 bits per heavy atom. The smallest absolute Gasteiger partial charge is 0.246 e. The van der Waals surface area contributed by atoms with Crippen LogP contribution in [0.15, 0.2) is 42.5 Å². The second-order valence-electron chi connectivity index (χ2n) is 6.99. The first kappa shape index (κ1) is 19.8. The Morgan fingerprint density at radius 3 is 2.48 bits per heavy atom. The van der Waals surface area contributed by atoms with Gasteiger partial charge in [0.15, 0.2) is 21.3 Å². The topological polar surface area (TPSA) is 84.9 Å². The molecule has 1 N–H and O–H groups in total. The summed E-state index contributed by atoms with van der Waals surface area (Å²) in [6, 6.07) is 12.1. The number of rotatable bonds is 5. The van der Waals surface area contributed by atoms with Gasteiger partial charge in [0, 0.05) is 17.8 Å². The monoisotopic (exact) mass is 436 g/mol. The van der Waals surface area contributed by atoms with Crippen molar-refractivity contribution in [2.75, 3.05) is 41.5 Å². The number of fused-ring (bicyclic) bond motifs is 1. The van der Waals surface area contributed by atoms with E-state index in [-0.39, 0.29) is 30.0 Å². The van der Waals surface area contributed by atoms with Crippen LogP contribution in [0.1, 0.15) is 6.42 Å². The van der Waals surface area contributed by atoms with Gasteiger partial charge in [0.2, 0.25) is 5.91 Å². The lowest BCUT2D eigenvalue weighted by Gasteiger charge is -2.29. The number of nitrogens with one attached hydrogen (secondary N) is 1. The fraction of sp³-hybridized carbons (Fsp3) is 0.350. The number of carbonyl (C=O) groups is 1. The van der Waals surface area contributed by atoms with Crippen LogP contribution in [0, 0.1) is 0 Å². The van der Waals surface area contributed by atoms with E-state index in [1.807, 2.05) is 18.2 Å². The van der Waals surface area contributed by atoms with Crippen LogP contribution < -0.4 is 19.7 Å². The molecule has 154 valence electrons. The van der Waals surface area contributed by atoms with Gasteiger partial charge in [-0.1, -0.05) is 29.8 Å². The maximum absolute atomic E-state index is 13.1. The van der Waals surface area contributed by atoms with Crippen LogP contribution in [0.2, 0.25) is 5.02 Å². The second kappa shape index (κ2) is 8.12. The van der Waals surface area contributed by atoms with Crippen molar-refractivity contribution in [2.45, 2.75) is 12.5 Å². The summed E-state index contributed by atoms with van der Waals surface area (Å²) in [5.41, 5.74) is 1.23. The number of hydrogen-bond donors (Lipinski definition) is 1. The fourth-order valence-electron chi connectivity index (χ4n) is 3.58. The quantitative estimate of drug-likeness (QED) is 0.775. The predicted molar refractivity (Wildman–Crippen MR) is 112 cm³/mol. The van der Waals surface area contributed by atoms with Gasteiger partial charge in [0.1, 0.15) is 13.2 Å². The van der Waals surface area contributed by atoms with Gasteiger partial charge in [-0.05, 0) is 18.6 Å². The zero-order chi connectivity index (χ0) is 20.4. The molecule has 0 unspecified atom stereocenters. The van der Waals surface area contributed by atoms with Gasteiger partial charge in [-0.25, -0.2) is 8.42 Å². The molecule has 29 heavy (non-hydrogen) atoms. The van der Waals surface area contributed by atoms with Crippen molar-refractivity contribution in [1.29, 1.82) is 0 Å². The third-order valence-electron chi connectivity index (χ3n) is 4.94. The average molecular weight is 437 g/mol. The molecule has 1 fully saturated rings.